The van der Waals surface area contributed by atoms with Crippen molar-refractivity contribution in [1.82, 2.24) is 4.90 Å². The number of nitrogens with zero attached hydrogens (tertiary/aromatic N) is 2. The zero-order valence-corrected chi connectivity index (χ0v) is 18.1. The van der Waals surface area contributed by atoms with E-state index >= 15 is 0 Å². The number of likely N-dealkylation sites (tertiary alicyclic amines) is 1. The second-order valence-corrected chi connectivity index (χ2v) is 6.68. The molecule has 27 heavy (non-hydrogen) atoms. The van der Waals surface area contributed by atoms with Crippen molar-refractivity contribution in [3.05, 3.63) is 11.8 Å². The monoisotopic (exact) mass is 379 g/mol. The Labute approximate surface area is 166 Å². The van der Waals surface area contributed by atoms with Crippen LogP contribution in [0.15, 0.2) is 16.8 Å². The Morgan fingerprint density at radius 1 is 1.04 bits per heavy atom. The van der Waals surface area contributed by atoms with Crippen molar-refractivity contribution in [3.63, 3.8) is 0 Å². The molecule has 1 saturated carbocycles. The molecule has 5 heteroatoms. The minimum absolute atomic E-state index is 0.123. The van der Waals surface area contributed by atoms with E-state index in [-0.39, 0.29) is 17.7 Å². The second-order valence-electron chi connectivity index (χ2n) is 6.68. The maximum Gasteiger partial charge on any atom is 0.225 e. The minimum Gasteiger partial charge on any atom is -0.404 e. The Balaban J connectivity index is 0.00000158. The smallest absolute Gasteiger partial charge is 0.225 e. The molecule has 1 heterocycles. The standard InChI is InChI=1S/C18H29N3O2.2C2H6/c1-2-14(11-19)12-20-17-7-9-21(10-8-17)18(23)16-5-3-15(13-22)4-6-16;2*1-2/h11-13,15-17H,2-10,19H2,1H3;2*1-2H3/b14-11-,20-12?;;. The molecule has 0 unspecified atom stereocenters. The average molecular weight is 380 g/mol. The molecule has 0 aromatic carbocycles. The van der Waals surface area contributed by atoms with Crippen LogP contribution in [0.4, 0.5) is 0 Å². The molecule has 0 bridgehead atoms. The van der Waals surface area contributed by atoms with Crippen LogP contribution in [0.25, 0.3) is 0 Å². The van der Waals surface area contributed by atoms with Crippen molar-refractivity contribution < 1.29 is 9.59 Å². The van der Waals surface area contributed by atoms with Gasteiger partial charge in [0.05, 0.1) is 6.04 Å². The molecule has 156 valence electrons. The number of hydrogen-bond acceptors (Lipinski definition) is 4. The van der Waals surface area contributed by atoms with Gasteiger partial charge in [-0.25, -0.2) is 0 Å². The lowest BCUT2D eigenvalue weighted by Gasteiger charge is -2.34. The summed E-state index contributed by atoms with van der Waals surface area (Å²) < 4.78 is 0. The number of carbonyl (C=O) groups is 2. The summed E-state index contributed by atoms with van der Waals surface area (Å²) in [7, 11) is 0. The van der Waals surface area contributed by atoms with Crippen molar-refractivity contribution in [2.75, 3.05) is 13.1 Å². The third-order valence-corrected chi connectivity index (χ3v) is 5.16. The predicted molar refractivity (Wildman–Crippen MR) is 115 cm³/mol. The highest BCUT2D eigenvalue weighted by Crippen LogP contribution is 2.29. The molecular formula is C22H41N3O2. The van der Waals surface area contributed by atoms with Crippen molar-refractivity contribution in [2.45, 2.75) is 85.6 Å². The number of nitrogens with two attached hydrogens (primary N) is 1. The summed E-state index contributed by atoms with van der Waals surface area (Å²) in [5, 5.41) is 0. The van der Waals surface area contributed by atoms with Crippen molar-refractivity contribution in [2.24, 2.45) is 22.6 Å². The lowest BCUT2D eigenvalue weighted by atomic mass is 9.82. The number of aliphatic imine (C=N–C) groups is 1. The molecule has 0 spiro atoms. The molecule has 0 atom stereocenters. The van der Waals surface area contributed by atoms with Crippen LogP contribution in [0, 0.1) is 11.8 Å². The third kappa shape index (κ3) is 8.72. The highest BCUT2D eigenvalue weighted by Gasteiger charge is 2.31. The van der Waals surface area contributed by atoms with Gasteiger partial charge in [0.2, 0.25) is 5.91 Å². The van der Waals surface area contributed by atoms with Gasteiger partial charge >= 0.3 is 0 Å². The van der Waals surface area contributed by atoms with E-state index in [0.717, 1.165) is 69.9 Å². The molecule has 1 aliphatic heterocycles. The van der Waals surface area contributed by atoms with Gasteiger partial charge in [-0.1, -0.05) is 34.6 Å². The van der Waals surface area contributed by atoms with E-state index in [1.165, 1.54) is 0 Å². The molecule has 1 amide bonds. The summed E-state index contributed by atoms with van der Waals surface area (Å²) in [5.41, 5.74) is 6.59. The number of carbonyl (C=O) groups excluding carboxylic acids is 2. The molecule has 2 aliphatic rings. The molecule has 1 aliphatic carbocycles. The molecule has 5 nitrogen and oxygen atoms in total. The van der Waals surface area contributed by atoms with E-state index in [4.69, 9.17) is 5.73 Å². The van der Waals surface area contributed by atoms with Crippen molar-refractivity contribution >= 4 is 18.4 Å². The van der Waals surface area contributed by atoms with E-state index in [1.54, 1.807) is 6.20 Å². The molecule has 0 aromatic heterocycles. The molecule has 2 N–H and O–H groups in total. The fraction of sp³-hybridized carbons (Fsp3) is 0.773. The Morgan fingerprint density at radius 2 is 1.59 bits per heavy atom. The zero-order chi connectivity index (χ0) is 20.7. The van der Waals surface area contributed by atoms with Gasteiger partial charge in [0, 0.05) is 31.1 Å². The first kappa shape index (κ1) is 25.4. The Bertz CT molecular complexity index is 458. The molecule has 2 fully saturated rings. The number of piperidine rings is 1. The van der Waals surface area contributed by atoms with Gasteiger partial charge in [0.15, 0.2) is 0 Å². The lowest BCUT2D eigenvalue weighted by molar-refractivity contribution is -0.138. The van der Waals surface area contributed by atoms with Gasteiger partial charge in [-0.15, -0.1) is 0 Å². The largest absolute Gasteiger partial charge is 0.404 e. The number of hydrogen-bond donors (Lipinski definition) is 1. The molecule has 0 radical (unpaired) electrons. The van der Waals surface area contributed by atoms with Crippen LogP contribution in [0.1, 0.15) is 79.6 Å². The molecule has 0 aromatic rings. The summed E-state index contributed by atoms with van der Waals surface area (Å²) >= 11 is 0. The maximum absolute atomic E-state index is 12.6. The van der Waals surface area contributed by atoms with Crippen molar-refractivity contribution in [1.29, 1.82) is 0 Å². The zero-order valence-electron chi connectivity index (χ0n) is 18.1. The van der Waals surface area contributed by atoms with E-state index in [0.29, 0.717) is 6.04 Å². The van der Waals surface area contributed by atoms with Crippen LogP contribution in [-0.2, 0) is 9.59 Å². The average Bonchev–Trinajstić information content (AvgIpc) is 2.77. The molecular weight excluding hydrogens is 338 g/mol. The number of aldehydes is 1. The van der Waals surface area contributed by atoms with Gasteiger partial charge in [0.25, 0.3) is 0 Å². The van der Waals surface area contributed by atoms with Gasteiger partial charge < -0.3 is 15.4 Å². The highest BCUT2D eigenvalue weighted by molar-refractivity contribution is 5.79. The second kappa shape index (κ2) is 15.4. The summed E-state index contributed by atoms with van der Waals surface area (Å²) in [6.45, 7) is 11.6. The Kier molecular flexibility index (Phi) is 14.5. The number of allylic oxidation sites excluding steroid dienone is 1. The van der Waals surface area contributed by atoms with Gasteiger partial charge in [-0.3, -0.25) is 9.79 Å². The van der Waals surface area contributed by atoms with Gasteiger partial charge in [0.1, 0.15) is 6.29 Å². The number of amides is 1. The highest BCUT2D eigenvalue weighted by atomic mass is 16.2. The first-order valence-corrected chi connectivity index (χ1v) is 10.9. The summed E-state index contributed by atoms with van der Waals surface area (Å²) in [4.78, 5) is 30.0. The van der Waals surface area contributed by atoms with Crippen LogP contribution >= 0.6 is 0 Å². The third-order valence-electron chi connectivity index (χ3n) is 5.16. The summed E-state index contributed by atoms with van der Waals surface area (Å²) in [6.07, 6.45) is 10.7. The fourth-order valence-corrected chi connectivity index (χ4v) is 3.45. The van der Waals surface area contributed by atoms with E-state index < -0.39 is 0 Å². The SMILES string of the molecule is CC.CC.CC/C(C=NC1CCN(C(=O)C2CCC(C=O)CC2)CC1)=C/N. The van der Waals surface area contributed by atoms with Crippen LogP contribution in [0.5, 0.6) is 0 Å². The van der Waals surface area contributed by atoms with E-state index in [2.05, 4.69) is 11.9 Å². The van der Waals surface area contributed by atoms with Gasteiger partial charge in [-0.2, -0.15) is 0 Å². The normalized spacial score (nSPS) is 23.7. The first-order valence-electron chi connectivity index (χ1n) is 10.9. The summed E-state index contributed by atoms with van der Waals surface area (Å²) in [5.74, 6) is 0.577. The maximum atomic E-state index is 12.6. The first-order chi connectivity index (χ1) is 13.2. The fourth-order valence-electron chi connectivity index (χ4n) is 3.45. The topological polar surface area (TPSA) is 75.8 Å². The quantitative estimate of drug-likeness (QED) is 0.569. The van der Waals surface area contributed by atoms with Crippen LogP contribution in [0.3, 0.4) is 0 Å². The lowest BCUT2D eigenvalue weighted by Crippen LogP contribution is -2.43. The molecule has 1 saturated heterocycles. The predicted octanol–water partition coefficient (Wildman–Crippen LogP) is 4.36. The number of rotatable bonds is 5. The van der Waals surface area contributed by atoms with Crippen molar-refractivity contribution in [3.8, 4) is 0 Å². The van der Waals surface area contributed by atoms with Gasteiger partial charge in [-0.05, 0) is 56.7 Å². The Morgan fingerprint density at radius 3 is 2.04 bits per heavy atom. The van der Waals surface area contributed by atoms with Crippen LogP contribution in [-0.4, -0.2) is 42.4 Å². The van der Waals surface area contributed by atoms with Crippen LogP contribution < -0.4 is 5.73 Å². The molecule has 2 rings (SSSR count). The Hall–Kier alpha value is -1.65. The van der Waals surface area contributed by atoms with E-state index in [9.17, 15) is 9.59 Å². The van der Waals surface area contributed by atoms with E-state index in [1.807, 2.05) is 38.8 Å². The minimum atomic E-state index is 0.123. The summed E-state index contributed by atoms with van der Waals surface area (Å²) in [6, 6.07) is 0.298. The van der Waals surface area contributed by atoms with Crippen LogP contribution in [0.2, 0.25) is 0 Å².